The van der Waals surface area contributed by atoms with Gasteiger partial charge >= 0.3 is 6.09 Å². The molecule has 4 aromatic rings. The largest absolute Gasteiger partial charge is 0.497 e. The van der Waals surface area contributed by atoms with Gasteiger partial charge < -0.3 is 40.0 Å². The van der Waals surface area contributed by atoms with Crippen molar-refractivity contribution in [1.29, 1.82) is 0 Å². The average Bonchev–Trinajstić information content (AvgIpc) is 3.63. The number of carbonyl (C=O) groups excluding carboxylic acids is 3. The number of nitrogens with one attached hydrogen (secondary N) is 3. The van der Waals surface area contributed by atoms with E-state index in [0.717, 1.165) is 12.8 Å². The van der Waals surface area contributed by atoms with Gasteiger partial charge in [-0.2, -0.15) is 0 Å². The summed E-state index contributed by atoms with van der Waals surface area (Å²) in [6.07, 6.45) is 1.28. The van der Waals surface area contributed by atoms with Crippen LogP contribution in [0.15, 0.2) is 54.4 Å². The van der Waals surface area contributed by atoms with Gasteiger partial charge in [0, 0.05) is 46.8 Å². The van der Waals surface area contributed by atoms with Crippen LogP contribution in [0, 0.1) is 28.8 Å². The van der Waals surface area contributed by atoms with Crippen LogP contribution in [0.25, 0.3) is 22.3 Å². The van der Waals surface area contributed by atoms with Gasteiger partial charge in [-0.1, -0.05) is 26.8 Å². The highest BCUT2D eigenvalue weighted by molar-refractivity contribution is 7.59. The predicted molar refractivity (Wildman–Crippen MR) is 237 cm³/mol. The second-order valence-corrected chi connectivity index (χ2v) is 21.5. The van der Waals surface area contributed by atoms with Crippen molar-refractivity contribution >= 4 is 52.6 Å². The van der Waals surface area contributed by atoms with Crippen molar-refractivity contribution in [3.8, 4) is 22.9 Å². The molecule has 6 atom stereocenters. The Morgan fingerprint density at radius 1 is 1.06 bits per heavy atom. The van der Waals surface area contributed by atoms with Gasteiger partial charge in [0.05, 0.1) is 31.0 Å². The van der Waals surface area contributed by atoms with Crippen LogP contribution >= 0.6 is 18.7 Å². The standard InChI is InChI=1S/C45H54F3N6O8PS/c1-8-25-20-45(25,63(58,59)22-30-31(46)15-16-32(47)38(30)48)53-40(55)36-18-28(21-54(36)41(56)39(44(4,5)6)52-43(57)62-26-11-9-10-12-26)61-37-19-34(35-23-64-42(51-35)49-24(2)3)50-33-17-27(60-7)13-14-29(33)37/h8,13-17,19,23-26,28,36,39H,1,9-12,18,20-22H2,2-7H3,(H,49,51)(H,52,57)(H,53,55)(H,58,59)/t25-,28-,36+,39-,45+/m1/s1. The minimum atomic E-state index is -4.80. The fourth-order valence-electron chi connectivity index (χ4n) is 8.47. The molecule has 3 amide bonds. The van der Waals surface area contributed by atoms with Crippen LogP contribution in [0.5, 0.6) is 11.5 Å². The molecule has 344 valence electrons. The Morgan fingerprint density at radius 3 is 2.44 bits per heavy atom. The number of pyridine rings is 1. The highest BCUT2D eigenvalue weighted by atomic mass is 32.1. The first kappa shape index (κ1) is 46.8. The lowest BCUT2D eigenvalue weighted by molar-refractivity contribution is -0.142. The molecule has 14 nitrogen and oxygen atoms in total. The van der Waals surface area contributed by atoms with Crippen LogP contribution < -0.4 is 25.4 Å². The van der Waals surface area contributed by atoms with Gasteiger partial charge in [0.2, 0.25) is 19.2 Å². The summed E-state index contributed by atoms with van der Waals surface area (Å²) >= 11 is 1.41. The molecular formula is C45H54F3N6O8PS. The zero-order valence-electron chi connectivity index (χ0n) is 36.6. The number of hydrogen-bond acceptors (Lipinski definition) is 11. The summed E-state index contributed by atoms with van der Waals surface area (Å²) < 4.78 is 76.0. The average molecular weight is 927 g/mol. The lowest BCUT2D eigenvalue weighted by atomic mass is 9.85. The molecule has 2 saturated carbocycles. The van der Waals surface area contributed by atoms with Crippen molar-refractivity contribution in [3.63, 3.8) is 0 Å². The van der Waals surface area contributed by atoms with Crippen molar-refractivity contribution in [2.45, 2.75) is 115 Å². The third-order valence-corrected chi connectivity index (χ3v) is 15.4. The summed E-state index contributed by atoms with van der Waals surface area (Å²) in [4.78, 5) is 65.3. The van der Waals surface area contributed by atoms with E-state index in [0.29, 0.717) is 63.9 Å². The van der Waals surface area contributed by atoms with E-state index in [9.17, 15) is 37.0 Å². The second kappa shape index (κ2) is 18.4. The molecule has 3 aliphatic rings. The zero-order chi connectivity index (χ0) is 46.3. The molecule has 0 bridgehead atoms. The number of anilines is 1. The quantitative estimate of drug-likeness (QED) is 0.0510. The maximum atomic E-state index is 14.9. The number of benzene rings is 2. The number of alkyl carbamates (subject to hydrolysis) is 1. The summed E-state index contributed by atoms with van der Waals surface area (Å²) in [5.41, 5.74) is -0.256. The lowest BCUT2D eigenvalue weighted by Gasteiger charge is -2.36. The van der Waals surface area contributed by atoms with E-state index < -0.39 is 89.3 Å². The number of hydrogen-bond donors (Lipinski definition) is 4. The number of rotatable bonds is 15. The molecular weight excluding hydrogens is 873 g/mol. The van der Waals surface area contributed by atoms with Crippen LogP contribution in [-0.2, 0) is 25.1 Å². The Bertz CT molecular complexity index is 2500. The van der Waals surface area contributed by atoms with Gasteiger partial charge in [0.1, 0.15) is 52.6 Å². The minimum absolute atomic E-state index is 0.116. The number of fused-ring (bicyclic) bond motifs is 1. The van der Waals surface area contributed by atoms with Crippen molar-refractivity contribution in [3.05, 3.63) is 77.4 Å². The first-order valence-corrected chi connectivity index (χ1v) is 24.0. The van der Waals surface area contributed by atoms with Gasteiger partial charge in [0.15, 0.2) is 16.8 Å². The molecule has 19 heteroatoms. The first-order chi connectivity index (χ1) is 30.2. The number of amides is 3. The number of likely N-dealkylation sites (tertiary alicyclic amines) is 1. The number of halogens is 3. The Hall–Kier alpha value is -5.19. The topological polar surface area (TPSA) is 181 Å². The molecule has 1 aliphatic heterocycles. The summed E-state index contributed by atoms with van der Waals surface area (Å²) in [6, 6.07) is 5.82. The summed E-state index contributed by atoms with van der Waals surface area (Å²) in [6.45, 7) is 12.8. The normalized spacial score (nSPS) is 22.5. The van der Waals surface area contributed by atoms with Crippen molar-refractivity contribution in [2.24, 2.45) is 11.3 Å². The van der Waals surface area contributed by atoms with E-state index in [4.69, 9.17) is 24.2 Å². The number of methoxy groups -OCH3 is 1. The molecule has 4 N–H and O–H groups in total. The number of aromatic nitrogens is 2. The summed E-state index contributed by atoms with van der Waals surface area (Å²) in [7, 11) is -3.27. The smallest absolute Gasteiger partial charge is 0.408 e. The molecule has 1 unspecified atom stereocenters. The monoisotopic (exact) mass is 926 g/mol. The Kier molecular flexibility index (Phi) is 13.4. The first-order valence-electron chi connectivity index (χ1n) is 21.3. The lowest BCUT2D eigenvalue weighted by Crippen LogP contribution is -2.58. The van der Waals surface area contributed by atoms with Crippen LogP contribution in [0.1, 0.15) is 78.7 Å². The number of thiazole rings is 1. The minimum Gasteiger partial charge on any atom is -0.497 e. The molecule has 0 spiro atoms. The molecule has 2 aromatic carbocycles. The number of nitrogens with zero attached hydrogens (tertiary/aromatic N) is 3. The SMILES string of the molecule is C=C[C@@H]1C[C@]1(NC(=O)[C@@H]1C[C@@H](Oc2cc(-c3csc(NC(C)C)n3)nc3cc(OC)ccc23)CN1C(=O)[C@@H](NC(=O)OC1CCCC1)C(C)(C)C)P(=O)(O)Cc1c(F)ccc(F)c1F. The zero-order valence-corrected chi connectivity index (χ0v) is 38.3. The molecule has 3 fully saturated rings. The molecule has 3 heterocycles. The molecule has 2 aliphatic carbocycles. The van der Waals surface area contributed by atoms with E-state index >= 15 is 0 Å². The second-order valence-electron chi connectivity index (χ2n) is 18.1. The third kappa shape index (κ3) is 9.74. The van der Waals surface area contributed by atoms with E-state index in [1.807, 2.05) is 19.2 Å². The molecule has 2 aromatic heterocycles. The third-order valence-electron chi connectivity index (χ3n) is 12.0. The Labute approximate surface area is 373 Å². The van der Waals surface area contributed by atoms with E-state index in [-0.39, 0.29) is 31.5 Å². The molecule has 0 radical (unpaired) electrons. The van der Waals surface area contributed by atoms with Gasteiger partial charge in [-0.25, -0.2) is 27.9 Å². The molecule has 1 saturated heterocycles. The van der Waals surface area contributed by atoms with E-state index in [2.05, 4.69) is 22.5 Å². The number of carbonyl (C=O) groups is 3. The van der Waals surface area contributed by atoms with Gasteiger partial charge in [-0.15, -0.1) is 17.9 Å². The van der Waals surface area contributed by atoms with Gasteiger partial charge in [-0.05, 0) is 75.6 Å². The van der Waals surface area contributed by atoms with E-state index in [1.165, 1.54) is 29.4 Å². The maximum Gasteiger partial charge on any atom is 0.408 e. The van der Waals surface area contributed by atoms with Crippen molar-refractivity contribution in [2.75, 3.05) is 19.0 Å². The van der Waals surface area contributed by atoms with Crippen LogP contribution in [0.3, 0.4) is 0 Å². The van der Waals surface area contributed by atoms with Crippen LogP contribution in [-0.4, -0.2) is 86.9 Å². The highest BCUT2D eigenvalue weighted by Crippen LogP contribution is 2.71. The van der Waals surface area contributed by atoms with Gasteiger partial charge in [0.25, 0.3) is 0 Å². The summed E-state index contributed by atoms with van der Waals surface area (Å²) in [5.74, 6) is -5.63. The van der Waals surface area contributed by atoms with Crippen LogP contribution in [0.2, 0.25) is 0 Å². The Morgan fingerprint density at radius 2 is 1.78 bits per heavy atom. The van der Waals surface area contributed by atoms with Crippen molar-refractivity contribution in [1.82, 2.24) is 25.5 Å². The van der Waals surface area contributed by atoms with Gasteiger partial charge in [-0.3, -0.25) is 14.2 Å². The maximum absolute atomic E-state index is 14.9. The van der Waals surface area contributed by atoms with E-state index in [1.54, 1.807) is 45.0 Å². The molecule has 64 heavy (non-hydrogen) atoms. The van der Waals surface area contributed by atoms with Crippen molar-refractivity contribution < 1.29 is 51.2 Å². The van der Waals surface area contributed by atoms with Crippen LogP contribution in [0.4, 0.5) is 23.1 Å². The fraction of sp³-hybridized carbons (Fsp3) is 0.489. The predicted octanol–water partition coefficient (Wildman–Crippen LogP) is 8.53. The summed E-state index contributed by atoms with van der Waals surface area (Å²) in [5, 5.41) is 9.93. The number of ether oxygens (including phenoxy) is 3. The molecule has 7 rings (SSSR count). The fourth-order valence-corrected chi connectivity index (χ4v) is 11.7. The Balaban J connectivity index is 1.23. The highest BCUT2D eigenvalue weighted by Gasteiger charge is 2.66.